The molecule has 2 atom stereocenters. The Morgan fingerprint density at radius 2 is 2.17 bits per heavy atom. The first-order valence-electron chi connectivity index (χ1n) is 5.21. The highest BCUT2D eigenvalue weighted by Crippen LogP contribution is 2.10. The van der Waals surface area contributed by atoms with E-state index in [4.69, 9.17) is 0 Å². The fraction of sp³-hybridized carbons (Fsp3) is 1.00. The van der Waals surface area contributed by atoms with E-state index in [0.29, 0.717) is 0 Å². The lowest BCUT2D eigenvalue weighted by molar-refractivity contribution is 0.153. The lowest BCUT2D eigenvalue weighted by Gasteiger charge is -2.37. The Kier molecular flexibility index (Phi) is 4.02. The van der Waals surface area contributed by atoms with Crippen molar-refractivity contribution in [3.8, 4) is 0 Å². The lowest BCUT2D eigenvalue weighted by atomic mass is 10.0. The molecule has 0 aromatic rings. The van der Waals surface area contributed by atoms with Crippen LogP contribution in [0.4, 0.5) is 0 Å². The molecule has 72 valence electrons. The van der Waals surface area contributed by atoms with Crippen molar-refractivity contribution < 1.29 is 0 Å². The van der Waals surface area contributed by atoms with Gasteiger partial charge in [-0.2, -0.15) is 0 Å². The highest BCUT2D eigenvalue weighted by molar-refractivity contribution is 4.83. The number of rotatable bonds is 3. The van der Waals surface area contributed by atoms with Gasteiger partial charge in [-0.3, -0.25) is 0 Å². The number of piperazine rings is 1. The average molecular weight is 170 g/mol. The maximum absolute atomic E-state index is 3.59. The SMILES string of the molecule is CCCC1CNC(CC)CN1C. The molecule has 1 fully saturated rings. The van der Waals surface area contributed by atoms with E-state index >= 15 is 0 Å². The van der Waals surface area contributed by atoms with E-state index in [1.165, 1.54) is 32.4 Å². The average Bonchev–Trinajstić information content (AvgIpc) is 2.09. The summed E-state index contributed by atoms with van der Waals surface area (Å²) in [6.07, 6.45) is 3.89. The molecule has 1 rings (SSSR count). The predicted molar refractivity (Wildman–Crippen MR) is 53.4 cm³/mol. The number of likely N-dealkylation sites (N-methyl/N-ethyl adjacent to an activating group) is 1. The Balaban J connectivity index is 2.31. The van der Waals surface area contributed by atoms with Crippen LogP contribution in [0, 0.1) is 0 Å². The van der Waals surface area contributed by atoms with Crippen LogP contribution in [0.25, 0.3) is 0 Å². The van der Waals surface area contributed by atoms with Crippen LogP contribution in [-0.4, -0.2) is 37.1 Å². The van der Waals surface area contributed by atoms with E-state index in [1.54, 1.807) is 0 Å². The summed E-state index contributed by atoms with van der Waals surface area (Å²) in [5, 5.41) is 3.59. The van der Waals surface area contributed by atoms with E-state index in [2.05, 4.69) is 31.1 Å². The Labute approximate surface area is 76.3 Å². The van der Waals surface area contributed by atoms with Gasteiger partial charge < -0.3 is 10.2 Å². The second-order valence-electron chi connectivity index (χ2n) is 3.90. The summed E-state index contributed by atoms with van der Waals surface area (Å²) in [7, 11) is 2.25. The van der Waals surface area contributed by atoms with Gasteiger partial charge in [-0.15, -0.1) is 0 Å². The van der Waals surface area contributed by atoms with Crippen LogP contribution in [0.2, 0.25) is 0 Å². The van der Waals surface area contributed by atoms with Crippen LogP contribution >= 0.6 is 0 Å². The van der Waals surface area contributed by atoms with Crippen LogP contribution in [0.15, 0.2) is 0 Å². The third kappa shape index (κ3) is 2.46. The molecule has 0 aromatic carbocycles. The first-order chi connectivity index (χ1) is 5.77. The first kappa shape index (κ1) is 10.0. The molecular weight excluding hydrogens is 148 g/mol. The fourth-order valence-corrected chi connectivity index (χ4v) is 1.95. The van der Waals surface area contributed by atoms with Gasteiger partial charge in [-0.1, -0.05) is 20.3 Å². The van der Waals surface area contributed by atoms with Gasteiger partial charge in [0.05, 0.1) is 0 Å². The highest BCUT2D eigenvalue weighted by atomic mass is 15.2. The summed E-state index contributed by atoms with van der Waals surface area (Å²) in [5.74, 6) is 0. The zero-order valence-electron chi connectivity index (χ0n) is 8.64. The minimum Gasteiger partial charge on any atom is -0.311 e. The van der Waals surface area contributed by atoms with Crippen LogP contribution in [0.3, 0.4) is 0 Å². The van der Waals surface area contributed by atoms with Crippen molar-refractivity contribution in [3.63, 3.8) is 0 Å². The molecule has 0 radical (unpaired) electrons. The second-order valence-corrected chi connectivity index (χ2v) is 3.90. The van der Waals surface area contributed by atoms with Gasteiger partial charge in [0.2, 0.25) is 0 Å². The van der Waals surface area contributed by atoms with Gasteiger partial charge in [0.1, 0.15) is 0 Å². The third-order valence-electron chi connectivity index (χ3n) is 2.89. The van der Waals surface area contributed by atoms with Gasteiger partial charge in [-0.05, 0) is 19.9 Å². The molecule has 12 heavy (non-hydrogen) atoms. The van der Waals surface area contributed by atoms with Crippen LogP contribution in [-0.2, 0) is 0 Å². The molecule has 2 unspecified atom stereocenters. The monoisotopic (exact) mass is 170 g/mol. The smallest absolute Gasteiger partial charge is 0.0218 e. The fourth-order valence-electron chi connectivity index (χ4n) is 1.95. The number of hydrogen-bond donors (Lipinski definition) is 1. The van der Waals surface area contributed by atoms with E-state index in [-0.39, 0.29) is 0 Å². The van der Waals surface area contributed by atoms with Gasteiger partial charge in [0.15, 0.2) is 0 Å². The van der Waals surface area contributed by atoms with Gasteiger partial charge in [-0.25, -0.2) is 0 Å². The maximum atomic E-state index is 3.59. The molecule has 0 spiro atoms. The van der Waals surface area contributed by atoms with Crippen molar-refractivity contribution in [1.29, 1.82) is 0 Å². The molecule has 1 aliphatic heterocycles. The van der Waals surface area contributed by atoms with E-state index in [0.717, 1.165) is 12.1 Å². The number of nitrogens with zero attached hydrogens (tertiary/aromatic N) is 1. The topological polar surface area (TPSA) is 15.3 Å². The highest BCUT2D eigenvalue weighted by Gasteiger charge is 2.22. The van der Waals surface area contributed by atoms with Crippen molar-refractivity contribution in [2.75, 3.05) is 20.1 Å². The largest absolute Gasteiger partial charge is 0.311 e. The third-order valence-corrected chi connectivity index (χ3v) is 2.89. The normalized spacial score (nSPS) is 32.2. The zero-order chi connectivity index (χ0) is 8.97. The molecule has 2 nitrogen and oxygen atoms in total. The molecular formula is C10H22N2. The summed E-state index contributed by atoms with van der Waals surface area (Å²) in [4.78, 5) is 2.51. The first-order valence-corrected chi connectivity index (χ1v) is 5.21. The molecule has 1 heterocycles. The van der Waals surface area contributed by atoms with E-state index < -0.39 is 0 Å². The molecule has 1 saturated heterocycles. The molecule has 1 aliphatic rings. The standard InChI is InChI=1S/C10H22N2/c1-4-6-10-7-11-9(5-2)8-12(10)3/h9-11H,4-8H2,1-3H3. The van der Waals surface area contributed by atoms with Crippen molar-refractivity contribution in [2.24, 2.45) is 0 Å². The minimum atomic E-state index is 0.725. The number of hydrogen-bond acceptors (Lipinski definition) is 2. The minimum absolute atomic E-state index is 0.725. The molecule has 0 aromatic heterocycles. The Bertz CT molecular complexity index is 125. The molecule has 2 heteroatoms. The summed E-state index contributed by atoms with van der Waals surface area (Å²) in [5.41, 5.74) is 0. The van der Waals surface area contributed by atoms with Gasteiger partial charge in [0.25, 0.3) is 0 Å². The van der Waals surface area contributed by atoms with Gasteiger partial charge in [0, 0.05) is 25.2 Å². The van der Waals surface area contributed by atoms with Crippen LogP contribution in [0.1, 0.15) is 33.1 Å². The molecule has 0 bridgehead atoms. The Morgan fingerprint density at radius 3 is 2.67 bits per heavy atom. The van der Waals surface area contributed by atoms with E-state index in [9.17, 15) is 0 Å². The van der Waals surface area contributed by atoms with Crippen molar-refractivity contribution >= 4 is 0 Å². The predicted octanol–water partition coefficient (Wildman–Crippen LogP) is 1.47. The van der Waals surface area contributed by atoms with Crippen molar-refractivity contribution in [1.82, 2.24) is 10.2 Å². The van der Waals surface area contributed by atoms with Crippen molar-refractivity contribution in [2.45, 2.75) is 45.2 Å². The van der Waals surface area contributed by atoms with Crippen molar-refractivity contribution in [3.05, 3.63) is 0 Å². The Hall–Kier alpha value is -0.0800. The molecule has 0 amide bonds. The lowest BCUT2D eigenvalue weighted by Crippen LogP contribution is -2.54. The molecule has 0 aliphatic carbocycles. The number of nitrogens with one attached hydrogen (secondary N) is 1. The summed E-state index contributed by atoms with van der Waals surface area (Å²) in [6.45, 7) is 6.93. The molecule has 0 saturated carbocycles. The second kappa shape index (κ2) is 4.83. The maximum Gasteiger partial charge on any atom is 0.0218 e. The Morgan fingerprint density at radius 1 is 1.42 bits per heavy atom. The van der Waals surface area contributed by atoms with Gasteiger partial charge >= 0.3 is 0 Å². The molecule has 1 N–H and O–H groups in total. The zero-order valence-corrected chi connectivity index (χ0v) is 8.64. The summed E-state index contributed by atoms with van der Waals surface area (Å²) in [6, 6.07) is 1.50. The summed E-state index contributed by atoms with van der Waals surface area (Å²) < 4.78 is 0. The quantitative estimate of drug-likeness (QED) is 0.690. The summed E-state index contributed by atoms with van der Waals surface area (Å²) >= 11 is 0. The van der Waals surface area contributed by atoms with Crippen LogP contribution < -0.4 is 5.32 Å². The van der Waals surface area contributed by atoms with Crippen LogP contribution in [0.5, 0.6) is 0 Å². The van der Waals surface area contributed by atoms with E-state index in [1.807, 2.05) is 0 Å².